The van der Waals surface area contributed by atoms with Gasteiger partial charge in [-0.2, -0.15) is 0 Å². The van der Waals surface area contributed by atoms with E-state index in [2.05, 4.69) is 5.16 Å². The summed E-state index contributed by atoms with van der Waals surface area (Å²) in [4.78, 5) is 13.4. The standard InChI is InChI=1S/C11H14IN3O3/c1-6(10(13)14-18)15(2)11(17)7-3-4-8(12)9(16)5-7/h3-6,16,18H,1-2H3,(H2,13,14). The van der Waals surface area contributed by atoms with E-state index in [0.29, 0.717) is 9.13 Å². The Kier molecular flexibility index (Phi) is 4.76. The van der Waals surface area contributed by atoms with Crippen LogP contribution in [0.3, 0.4) is 0 Å². The van der Waals surface area contributed by atoms with Crippen molar-refractivity contribution in [1.29, 1.82) is 0 Å². The van der Waals surface area contributed by atoms with E-state index < -0.39 is 6.04 Å². The summed E-state index contributed by atoms with van der Waals surface area (Å²) in [7, 11) is 1.54. The summed E-state index contributed by atoms with van der Waals surface area (Å²) in [6.45, 7) is 1.64. The van der Waals surface area contributed by atoms with Crippen LogP contribution in [-0.4, -0.2) is 40.0 Å². The molecule has 1 atom stereocenters. The van der Waals surface area contributed by atoms with E-state index in [4.69, 9.17) is 10.9 Å². The third kappa shape index (κ3) is 3.03. The van der Waals surface area contributed by atoms with Crippen LogP contribution < -0.4 is 5.73 Å². The van der Waals surface area contributed by atoms with E-state index in [0.717, 1.165) is 0 Å². The molecule has 18 heavy (non-hydrogen) atoms. The second kappa shape index (κ2) is 5.89. The van der Waals surface area contributed by atoms with Crippen molar-refractivity contribution < 1.29 is 15.1 Å². The number of phenolic OH excluding ortho intramolecular Hbond substituents is 1. The first-order valence-corrected chi connectivity index (χ1v) is 6.19. The van der Waals surface area contributed by atoms with Gasteiger partial charge in [0.2, 0.25) is 0 Å². The van der Waals surface area contributed by atoms with Crippen molar-refractivity contribution in [2.45, 2.75) is 13.0 Å². The molecule has 1 amide bonds. The number of halogens is 1. The minimum atomic E-state index is -0.538. The van der Waals surface area contributed by atoms with Gasteiger partial charge in [0.1, 0.15) is 5.75 Å². The van der Waals surface area contributed by atoms with Gasteiger partial charge in [-0.25, -0.2) is 0 Å². The van der Waals surface area contributed by atoms with Gasteiger partial charge in [-0.15, -0.1) is 0 Å². The highest BCUT2D eigenvalue weighted by Crippen LogP contribution is 2.21. The van der Waals surface area contributed by atoms with Crippen molar-refractivity contribution in [1.82, 2.24) is 4.90 Å². The number of likely N-dealkylation sites (N-methyl/N-ethyl adjacent to an activating group) is 1. The van der Waals surface area contributed by atoms with Gasteiger partial charge in [-0.05, 0) is 47.7 Å². The largest absolute Gasteiger partial charge is 0.507 e. The van der Waals surface area contributed by atoms with E-state index in [1.54, 1.807) is 26.1 Å². The number of hydrogen-bond acceptors (Lipinski definition) is 4. The monoisotopic (exact) mass is 363 g/mol. The fraction of sp³-hybridized carbons (Fsp3) is 0.273. The van der Waals surface area contributed by atoms with Crippen LogP contribution in [0.25, 0.3) is 0 Å². The zero-order valence-electron chi connectivity index (χ0n) is 9.96. The Balaban J connectivity index is 2.96. The maximum absolute atomic E-state index is 12.1. The Labute approximate surface area is 118 Å². The van der Waals surface area contributed by atoms with Gasteiger partial charge in [0.25, 0.3) is 5.91 Å². The molecule has 1 aromatic carbocycles. The smallest absolute Gasteiger partial charge is 0.254 e. The first-order valence-electron chi connectivity index (χ1n) is 5.11. The molecule has 1 aromatic rings. The third-order valence-electron chi connectivity index (χ3n) is 2.64. The fourth-order valence-electron chi connectivity index (χ4n) is 1.31. The van der Waals surface area contributed by atoms with Crippen molar-refractivity contribution in [2.24, 2.45) is 10.9 Å². The summed E-state index contributed by atoms with van der Waals surface area (Å²) in [6, 6.07) is 4.10. The van der Waals surface area contributed by atoms with Crippen molar-refractivity contribution in [3.05, 3.63) is 27.3 Å². The number of aromatic hydroxyl groups is 1. The van der Waals surface area contributed by atoms with Crippen molar-refractivity contribution in [2.75, 3.05) is 7.05 Å². The van der Waals surface area contributed by atoms with Gasteiger partial charge >= 0.3 is 0 Å². The van der Waals surface area contributed by atoms with Crippen molar-refractivity contribution in [3.63, 3.8) is 0 Å². The van der Waals surface area contributed by atoms with Crippen molar-refractivity contribution >= 4 is 34.3 Å². The van der Waals surface area contributed by atoms with Gasteiger partial charge in [0.15, 0.2) is 5.84 Å². The molecule has 4 N–H and O–H groups in total. The predicted octanol–water partition coefficient (Wildman–Crippen LogP) is 1.20. The molecule has 98 valence electrons. The summed E-state index contributed by atoms with van der Waals surface area (Å²) >= 11 is 1.96. The fourth-order valence-corrected chi connectivity index (χ4v) is 1.64. The second-order valence-electron chi connectivity index (χ2n) is 3.78. The van der Waals surface area contributed by atoms with Gasteiger partial charge in [-0.3, -0.25) is 4.79 Å². The molecular weight excluding hydrogens is 349 g/mol. The van der Waals surface area contributed by atoms with Crippen LogP contribution in [-0.2, 0) is 0 Å². The Morgan fingerprint density at radius 1 is 1.56 bits per heavy atom. The zero-order valence-corrected chi connectivity index (χ0v) is 12.1. The lowest BCUT2D eigenvalue weighted by atomic mass is 10.1. The molecule has 0 saturated carbocycles. The summed E-state index contributed by atoms with van der Waals surface area (Å²) in [5.74, 6) is -0.326. The van der Waals surface area contributed by atoms with Gasteiger partial charge < -0.3 is 20.9 Å². The SMILES string of the molecule is CC(/C(N)=N/O)N(C)C(=O)c1ccc(I)c(O)c1. The number of rotatable bonds is 3. The average molecular weight is 363 g/mol. The molecule has 0 aliphatic carbocycles. The van der Waals surface area contributed by atoms with Gasteiger partial charge in [-0.1, -0.05) is 5.16 Å². The Hall–Kier alpha value is -1.51. The lowest BCUT2D eigenvalue weighted by Crippen LogP contribution is -2.43. The molecule has 0 bridgehead atoms. The molecule has 0 saturated heterocycles. The number of carbonyl (C=O) groups is 1. The number of benzene rings is 1. The zero-order chi connectivity index (χ0) is 13.9. The maximum Gasteiger partial charge on any atom is 0.254 e. The highest BCUT2D eigenvalue weighted by molar-refractivity contribution is 14.1. The molecule has 0 aromatic heterocycles. The third-order valence-corrected chi connectivity index (χ3v) is 3.55. The first-order chi connectivity index (χ1) is 8.38. The second-order valence-corrected chi connectivity index (χ2v) is 4.95. The number of amides is 1. The predicted molar refractivity (Wildman–Crippen MR) is 75.8 cm³/mol. The minimum absolute atomic E-state index is 0.0475. The number of hydrogen-bond donors (Lipinski definition) is 3. The quantitative estimate of drug-likeness (QED) is 0.247. The molecule has 0 radical (unpaired) electrons. The van der Waals surface area contributed by atoms with Crippen LogP contribution in [0.2, 0.25) is 0 Å². The highest BCUT2D eigenvalue weighted by Gasteiger charge is 2.21. The molecule has 7 heteroatoms. The highest BCUT2D eigenvalue weighted by atomic mass is 127. The molecule has 0 heterocycles. The van der Waals surface area contributed by atoms with Crippen LogP contribution >= 0.6 is 22.6 Å². The van der Waals surface area contributed by atoms with Crippen LogP contribution in [0.4, 0.5) is 0 Å². The van der Waals surface area contributed by atoms with Gasteiger partial charge in [0, 0.05) is 12.6 Å². The summed E-state index contributed by atoms with van der Waals surface area (Å²) in [6.07, 6.45) is 0. The molecule has 0 aliphatic rings. The van der Waals surface area contributed by atoms with E-state index in [9.17, 15) is 9.90 Å². The summed E-state index contributed by atoms with van der Waals surface area (Å²) in [5.41, 5.74) is 5.78. The lowest BCUT2D eigenvalue weighted by Gasteiger charge is -2.23. The molecule has 0 spiro atoms. The molecule has 1 rings (SSSR count). The Morgan fingerprint density at radius 3 is 2.67 bits per heavy atom. The summed E-state index contributed by atoms with van der Waals surface area (Å²) < 4.78 is 0.663. The number of nitrogens with zero attached hydrogens (tertiary/aromatic N) is 2. The Bertz CT molecular complexity index is 490. The average Bonchev–Trinajstić information content (AvgIpc) is 2.38. The van der Waals surface area contributed by atoms with E-state index in [-0.39, 0.29) is 17.5 Å². The number of amidine groups is 1. The van der Waals surface area contributed by atoms with E-state index in [1.165, 1.54) is 11.0 Å². The van der Waals surface area contributed by atoms with Crippen molar-refractivity contribution in [3.8, 4) is 5.75 Å². The first kappa shape index (κ1) is 14.6. The van der Waals surface area contributed by atoms with E-state index >= 15 is 0 Å². The minimum Gasteiger partial charge on any atom is -0.507 e. The van der Waals surface area contributed by atoms with Crippen LogP contribution in [0, 0.1) is 3.57 Å². The topological polar surface area (TPSA) is 99.2 Å². The van der Waals surface area contributed by atoms with Crippen LogP contribution in [0.15, 0.2) is 23.4 Å². The number of nitrogens with two attached hydrogens (primary N) is 1. The van der Waals surface area contributed by atoms with Crippen LogP contribution in [0.5, 0.6) is 5.75 Å². The van der Waals surface area contributed by atoms with Gasteiger partial charge in [0.05, 0.1) is 9.61 Å². The number of phenols is 1. The molecule has 0 aliphatic heterocycles. The summed E-state index contributed by atoms with van der Waals surface area (Å²) in [5, 5.41) is 21.0. The van der Waals surface area contributed by atoms with E-state index in [1.807, 2.05) is 22.6 Å². The maximum atomic E-state index is 12.1. The Morgan fingerprint density at radius 2 is 2.17 bits per heavy atom. The van der Waals surface area contributed by atoms with Crippen LogP contribution in [0.1, 0.15) is 17.3 Å². The lowest BCUT2D eigenvalue weighted by molar-refractivity contribution is 0.0776. The number of oxime groups is 1. The molecule has 0 fully saturated rings. The number of carbonyl (C=O) groups excluding carboxylic acids is 1. The molecular formula is C11H14IN3O3. The molecule has 1 unspecified atom stereocenters. The molecule has 6 nitrogen and oxygen atoms in total. The normalized spacial score (nSPS) is 13.2.